The minimum atomic E-state index is -0.560. The summed E-state index contributed by atoms with van der Waals surface area (Å²) in [6, 6.07) is 11.3. The summed E-state index contributed by atoms with van der Waals surface area (Å²) >= 11 is 0. The quantitative estimate of drug-likeness (QED) is 0.904. The summed E-state index contributed by atoms with van der Waals surface area (Å²) in [4.78, 5) is 2.52. The number of ether oxygens (including phenoxy) is 1. The summed E-state index contributed by atoms with van der Waals surface area (Å²) in [5.74, 6) is 0. The Bertz CT molecular complexity index is 422. The molecule has 1 aromatic rings. The monoisotopic (exact) mass is 289 g/mol. The maximum atomic E-state index is 10.9. The molecule has 116 valence electrons. The van der Waals surface area contributed by atoms with Crippen LogP contribution in [-0.2, 0) is 11.3 Å². The summed E-state index contributed by atoms with van der Waals surface area (Å²) in [7, 11) is 0. The van der Waals surface area contributed by atoms with Crippen molar-refractivity contribution in [3.63, 3.8) is 0 Å². The first kappa shape index (κ1) is 15.0. The van der Waals surface area contributed by atoms with Gasteiger partial charge in [0.15, 0.2) is 0 Å². The first-order chi connectivity index (χ1) is 10.3. The first-order valence-electron chi connectivity index (χ1n) is 8.33. The highest BCUT2D eigenvalue weighted by molar-refractivity contribution is 5.14. The van der Waals surface area contributed by atoms with Gasteiger partial charge in [0, 0.05) is 45.2 Å². The largest absolute Gasteiger partial charge is 0.388 e. The maximum absolute atomic E-state index is 10.9. The molecule has 3 heteroatoms. The van der Waals surface area contributed by atoms with E-state index in [1.165, 1.54) is 31.2 Å². The smallest absolute Gasteiger partial charge is 0.0818 e. The van der Waals surface area contributed by atoms with Crippen LogP contribution in [0.15, 0.2) is 30.3 Å². The molecule has 21 heavy (non-hydrogen) atoms. The van der Waals surface area contributed by atoms with Crippen LogP contribution in [0.4, 0.5) is 0 Å². The third-order valence-electron chi connectivity index (χ3n) is 4.99. The number of hydrogen-bond acceptors (Lipinski definition) is 3. The van der Waals surface area contributed by atoms with E-state index in [1.54, 1.807) is 0 Å². The molecule has 0 bridgehead atoms. The second kappa shape index (κ2) is 6.91. The Morgan fingerprint density at radius 3 is 2.43 bits per heavy atom. The van der Waals surface area contributed by atoms with Crippen molar-refractivity contribution >= 4 is 0 Å². The van der Waals surface area contributed by atoms with Crippen LogP contribution >= 0.6 is 0 Å². The fraction of sp³-hybridized carbons (Fsp3) is 0.667. The number of hydrogen-bond donors (Lipinski definition) is 1. The molecule has 1 aromatic carbocycles. The Morgan fingerprint density at radius 2 is 1.76 bits per heavy atom. The molecular formula is C18H27NO2. The van der Waals surface area contributed by atoms with Gasteiger partial charge < -0.3 is 9.84 Å². The van der Waals surface area contributed by atoms with Crippen molar-refractivity contribution in [2.24, 2.45) is 0 Å². The van der Waals surface area contributed by atoms with Crippen LogP contribution in [0.25, 0.3) is 0 Å². The molecule has 0 spiro atoms. The van der Waals surface area contributed by atoms with Gasteiger partial charge in [-0.2, -0.15) is 0 Å². The molecule has 1 N–H and O–H groups in total. The Morgan fingerprint density at radius 1 is 1.10 bits per heavy atom. The molecule has 2 aliphatic rings. The third-order valence-corrected chi connectivity index (χ3v) is 4.99. The molecular weight excluding hydrogens is 262 g/mol. The lowest BCUT2D eigenvalue weighted by Crippen LogP contribution is -2.49. The van der Waals surface area contributed by atoms with Crippen LogP contribution in [-0.4, -0.2) is 41.4 Å². The van der Waals surface area contributed by atoms with Gasteiger partial charge >= 0.3 is 0 Å². The van der Waals surface area contributed by atoms with Crippen molar-refractivity contribution in [2.75, 3.05) is 19.8 Å². The summed E-state index contributed by atoms with van der Waals surface area (Å²) in [6.07, 6.45) is 6.75. The topological polar surface area (TPSA) is 32.7 Å². The lowest BCUT2D eigenvalue weighted by Gasteiger charge is -2.39. The number of benzene rings is 1. The van der Waals surface area contributed by atoms with Crippen LogP contribution in [0.1, 0.15) is 44.1 Å². The first-order valence-corrected chi connectivity index (χ1v) is 8.33. The van der Waals surface area contributed by atoms with Crippen LogP contribution < -0.4 is 0 Å². The molecule has 2 fully saturated rings. The van der Waals surface area contributed by atoms with Gasteiger partial charge in [-0.3, -0.25) is 4.90 Å². The van der Waals surface area contributed by atoms with Gasteiger partial charge in [-0.1, -0.05) is 43.2 Å². The normalized spacial score (nSPS) is 22.8. The van der Waals surface area contributed by atoms with Crippen molar-refractivity contribution in [1.82, 2.24) is 4.90 Å². The van der Waals surface area contributed by atoms with Gasteiger partial charge in [0.1, 0.15) is 0 Å². The summed E-state index contributed by atoms with van der Waals surface area (Å²) in [5.41, 5.74) is 0.787. The molecule has 0 aromatic heterocycles. The fourth-order valence-corrected chi connectivity index (χ4v) is 3.69. The van der Waals surface area contributed by atoms with Crippen LogP contribution in [0, 0.1) is 0 Å². The van der Waals surface area contributed by atoms with Crippen molar-refractivity contribution in [2.45, 2.75) is 56.7 Å². The van der Waals surface area contributed by atoms with Crippen LogP contribution in [0.5, 0.6) is 0 Å². The van der Waals surface area contributed by atoms with E-state index in [1.807, 2.05) is 0 Å². The molecule has 0 amide bonds. The van der Waals surface area contributed by atoms with E-state index in [4.69, 9.17) is 4.74 Å². The van der Waals surface area contributed by atoms with Crippen molar-refractivity contribution < 1.29 is 9.84 Å². The van der Waals surface area contributed by atoms with Gasteiger partial charge in [-0.15, -0.1) is 0 Å². The summed E-state index contributed by atoms with van der Waals surface area (Å²) < 4.78 is 5.41. The van der Waals surface area contributed by atoms with Gasteiger partial charge in [0.05, 0.1) is 5.60 Å². The average molecular weight is 289 g/mol. The fourth-order valence-electron chi connectivity index (χ4n) is 3.69. The van der Waals surface area contributed by atoms with E-state index in [9.17, 15) is 5.11 Å². The lowest BCUT2D eigenvalue weighted by molar-refractivity contribution is -0.0862. The Balaban J connectivity index is 1.69. The number of nitrogens with zero attached hydrogens (tertiary/aromatic N) is 1. The van der Waals surface area contributed by atoms with Gasteiger partial charge in [0.25, 0.3) is 0 Å². The zero-order valence-corrected chi connectivity index (χ0v) is 12.8. The molecule has 0 radical (unpaired) electrons. The second-order valence-corrected chi connectivity index (χ2v) is 6.67. The molecule has 0 unspecified atom stereocenters. The molecule has 3 nitrogen and oxygen atoms in total. The highest BCUT2D eigenvalue weighted by atomic mass is 16.5. The van der Waals surface area contributed by atoms with Crippen molar-refractivity contribution in [3.8, 4) is 0 Å². The zero-order valence-electron chi connectivity index (χ0n) is 12.8. The molecule has 3 rings (SSSR count). The summed E-state index contributed by atoms with van der Waals surface area (Å²) in [6.45, 7) is 3.13. The van der Waals surface area contributed by atoms with Gasteiger partial charge in [0.2, 0.25) is 0 Å². The third kappa shape index (κ3) is 4.06. The SMILES string of the molecule is OC1(CN(Cc2ccccc2)C2CCCC2)CCOCC1. The summed E-state index contributed by atoms with van der Waals surface area (Å²) in [5, 5.41) is 10.9. The maximum Gasteiger partial charge on any atom is 0.0818 e. The zero-order chi connectivity index (χ0) is 14.5. The Hall–Kier alpha value is -0.900. The van der Waals surface area contributed by atoms with Crippen LogP contribution in [0.2, 0.25) is 0 Å². The second-order valence-electron chi connectivity index (χ2n) is 6.67. The molecule has 1 saturated carbocycles. The molecule has 1 saturated heterocycles. The molecule has 1 heterocycles. The lowest BCUT2D eigenvalue weighted by atomic mass is 9.92. The van der Waals surface area contributed by atoms with E-state index in [-0.39, 0.29) is 0 Å². The predicted octanol–water partition coefficient (Wildman–Crippen LogP) is 2.97. The highest BCUT2D eigenvalue weighted by Crippen LogP contribution is 2.29. The van der Waals surface area contributed by atoms with E-state index < -0.39 is 5.60 Å². The Labute approximate surface area is 127 Å². The van der Waals surface area contributed by atoms with E-state index in [0.29, 0.717) is 19.3 Å². The van der Waals surface area contributed by atoms with Crippen molar-refractivity contribution in [1.29, 1.82) is 0 Å². The van der Waals surface area contributed by atoms with Gasteiger partial charge in [-0.25, -0.2) is 0 Å². The average Bonchev–Trinajstić information content (AvgIpc) is 3.02. The Kier molecular flexibility index (Phi) is 4.94. The van der Waals surface area contributed by atoms with Crippen LogP contribution in [0.3, 0.4) is 0 Å². The number of rotatable bonds is 5. The molecule has 0 atom stereocenters. The van der Waals surface area contributed by atoms with E-state index >= 15 is 0 Å². The standard InChI is InChI=1S/C18H27NO2/c20-18(10-12-21-13-11-18)15-19(17-8-4-5-9-17)14-16-6-2-1-3-7-16/h1-3,6-7,17,20H,4-5,8-15H2. The van der Waals surface area contributed by atoms with Gasteiger partial charge in [-0.05, 0) is 18.4 Å². The highest BCUT2D eigenvalue weighted by Gasteiger charge is 2.34. The minimum absolute atomic E-state index is 0.560. The minimum Gasteiger partial charge on any atom is -0.388 e. The van der Waals surface area contributed by atoms with Crippen molar-refractivity contribution in [3.05, 3.63) is 35.9 Å². The molecule has 1 aliphatic carbocycles. The van der Waals surface area contributed by atoms with E-state index in [0.717, 1.165) is 25.9 Å². The van der Waals surface area contributed by atoms with E-state index in [2.05, 4.69) is 35.2 Å². The molecule has 1 aliphatic heterocycles. The predicted molar refractivity (Wildman–Crippen MR) is 84.1 cm³/mol. The number of aliphatic hydroxyl groups is 1.